The minimum atomic E-state index is -0.346. The van der Waals surface area contributed by atoms with Crippen molar-refractivity contribution in [3.8, 4) is 0 Å². The summed E-state index contributed by atoms with van der Waals surface area (Å²) in [6, 6.07) is 8.22. The second-order valence-corrected chi connectivity index (χ2v) is 3.52. The molecule has 1 unspecified atom stereocenters. The van der Waals surface area contributed by atoms with Crippen LogP contribution < -0.4 is 0 Å². The lowest BCUT2D eigenvalue weighted by Gasteiger charge is -2.06. The SMILES string of the molecule is CCCCc1cccc(C(C)O)c1. The van der Waals surface area contributed by atoms with Gasteiger partial charge in [-0.15, -0.1) is 0 Å². The van der Waals surface area contributed by atoms with Crippen molar-refractivity contribution in [3.05, 3.63) is 35.4 Å². The molecule has 13 heavy (non-hydrogen) atoms. The molecule has 1 rings (SSSR count). The molecule has 1 atom stereocenters. The number of hydrogen-bond acceptors (Lipinski definition) is 1. The summed E-state index contributed by atoms with van der Waals surface area (Å²) in [7, 11) is 0. The van der Waals surface area contributed by atoms with Crippen LogP contribution >= 0.6 is 0 Å². The fraction of sp³-hybridized carbons (Fsp3) is 0.500. The minimum absolute atomic E-state index is 0.346. The number of aryl methyl sites for hydroxylation is 1. The molecule has 0 radical (unpaired) electrons. The molecule has 0 aliphatic rings. The molecule has 0 aromatic heterocycles. The predicted octanol–water partition coefficient (Wildman–Crippen LogP) is 3.08. The van der Waals surface area contributed by atoms with E-state index in [0.29, 0.717) is 0 Å². The maximum absolute atomic E-state index is 9.37. The largest absolute Gasteiger partial charge is 0.389 e. The third-order valence-corrected chi connectivity index (χ3v) is 2.25. The quantitative estimate of drug-likeness (QED) is 0.751. The van der Waals surface area contributed by atoms with Crippen LogP contribution in [0.1, 0.15) is 43.9 Å². The molecular weight excluding hydrogens is 160 g/mol. The molecule has 0 aliphatic carbocycles. The standard InChI is InChI=1S/C12H18O/c1-3-4-6-11-7-5-8-12(9-11)10(2)13/h5,7-10,13H,3-4,6H2,1-2H3. The van der Waals surface area contributed by atoms with Crippen LogP contribution in [0.5, 0.6) is 0 Å². The summed E-state index contributed by atoms with van der Waals surface area (Å²) < 4.78 is 0. The van der Waals surface area contributed by atoms with Gasteiger partial charge in [-0.05, 0) is 30.9 Å². The maximum Gasteiger partial charge on any atom is 0.0762 e. The van der Waals surface area contributed by atoms with Crippen molar-refractivity contribution in [2.24, 2.45) is 0 Å². The van der Waals surface area contributed by atoms with Gasteiger partial charge < -0.3 is 5.11 Å². The second-order valence-electron chi connectivity index (χ2n) is 3.52. The Bertz CT molecular complexity index is 253. The van der Waals surface area contributed by atoms with Crippen LogP contribution in [0, 0.1) is 0 Å². The highest BCUT2D eigenvalue weighted by Gasteiger charge is 2.00. The zero-order valence-electron chi connectivity index (χ0n) is 8.46. The molecule has 0 spiro atoms. The van der Waals surface area contributed by atoms with Crippen LogP contribution in [-0.4, -0.2) is 5.11 Å². The van der Waals surface area contributed by atoms with Crippen LogP contribution in [0.2, 0.25) is 0 Å². The van der Waals surface area contributed by atoms with Gasteiger partial charge in [-0.2, -0.15) is 0 Å². The predicted molar refractivity (Wildman–Crippen MR) is 55.7 cm³/mol. The van der Waals surface area contributed by atoms with Crippen LogP contribution in [0.25, 0.3) is 0 Å². The maximum atomic E-state index is 9.37. The monoisotopic (exact) mass is 178 g/mol. The number of aliphatic hydroxyl groups excluding tert-OH is 1. The van der Waals surface area contributed by atoms with Crippen molar-refractivity contribution in [1.29, 1.82) is 0 Å². The van der Waals surface area contributed by atoms with Crippen LogP contribution in [0.3, 0.4) is 0 Å². The summed E-state index contributed by atoms with van der Waals surface area (Å²) >= 11 is 0. The topological polar surface area (TPSA) is 20.2 Å². The molecule has 1 nitrogen and oxygen atoms in total. The Morgan fingerprint density at radius 1 is 1.38 bits per heavy atom. The number of hydrogen-bond donors (Lipinski definition) is 1. The molecule has 0 heterocycles. The summed E-state index contributed by atoms with van der Waals surface area (Å²) in [5.74, 6) is 0. The lowest BCUT2D eigenvalue weighted by Crippen LogP contribution is -1.93. The lowest BCUT2D eigenvalue weighted by atomic mass is 10.0. The highest BCUT2D eigenvalue weighted by molar-refractivity contribution is 5.24. The van der Waals surface area contributed by atoms with Crippen molar-refractivity contribution >= 4 is 0 Å². The molecule has 72 valence electrons. The highest BCUT2D eigenvalue weighted by atomic mass is 16.3. The van der Waals surface area contributed by atoms with Crippen LogP contribution in [0.15, 0.2) is 24.3 Å². The van der Waals surface area contributed by atoms with Crippen molar-refractivity contribution < 1.29 is 5.11 Å². The summed E-state index contributed by atoms with van der Waals surface area (Å²) in [6.45, 7) is 4.00. The fourth-order valence-electron chi connectivity index (χ4n) is 1.39. The zero-order valence-corrected chi connectivity index (χ0v) is 8.46. The molecule has 0 fully saturated rings. The molecule has 0 amide bonds. The first-order chi connectivity index (χ1) is 6.24. The number of benzene rings is 1. The normalized spacial score (nSPS) is 12.8. The third kappa shape index (κ3) is 3.19. The van der Waals surface area contributed by atoms with Gasteiger partial charge in [0.15, 0.2) is 0 Å². The van der Waals surface area contributed by atoms with E-state index >= 15 is 0 Å². The van der Waals surface area contributed by atoms with E-state index < -0.39 is 0 Å². The molecule has 1 aromatic carbocycles. The van der Waals surface area contributed by atoms with Gasteiger partial charge in [0.25, 0.3) is 0 Å². The van der Waals surface area contributed by atoms with Crippen LogP contribution in [-0.2, 0) is 6.42 Å². The first-order valence-electron chi connectivity index (χ1n) is 5.01. The van der Waals surface area contributed by atoms with E-state index in [9.17, 15) is 5.11 Å². The van der Waals surface area contributed by atoms with E-state index in [1.807, 2.05) is 12.1 Å². The van der Waals surface area contributed by atoms with E-state index in [1.54, 1.807) is 6.92 Å². The number of unbranched alkanes of at least 4 members (excludes halogenated alkanes) is 1. The van der Waals surface area contributed by atoms with E-state index in [4.69, 9.17) is 0 Å². The first kappa shape index (κ1) is 10.3. The van der Waals surface area contributed by atoms with Gasteiger partial charge in [0.2, 0.25) is 0 Å². The minimum Gasteiger partial charge on any atom is -0.389 e. The van der Waals surface area contributed by atoms with Crippen molar-refractivity contribution in [1.82, 2.24) is 0 Å². The molecule has 0 saturated heterocycles. The molecule has 0 saturated carbocycles. The molecule has 1 aromatic rings. The summed E-state index contributed by atoms with van der Waals surface area (Å²) in [4.78, 5) is 0. The van der Waals surface area contributed by atoms with E-state index in [1.165, 1.54) is 18.4 Å². The van der Waals surface area contributed by atoms with Gasteiger partial charge in [-0.1, -0.05) is 37.6 Å². The second kappa shape index (κ2) is 5.03. The molecule has 0 aliphatic heterocycles. The van der Waals surface area contributed by atoms with E-state index in [0.717, 1.165) is 12.0 Å². The van der Waals surface area contributed by atoms with Gasteiger partial charge in [0, 0.05) is 0 Å². The van der Waals surface area contributed by atoms with Crippen molar-refractivity contribution in [3.63, 3.8) is 0 Å². The van der Waals surface area contributed by atoms with Crippen molar-refractivity contribution in [2.75, 3.05) is 0 Å². The third-order valence-electron chi connectivity index (χ3n) is 2.25. The summed E-state index contributed by atoms with van der Waals surface area (Å²) in [5, 5.41) is 9.37. The molecular formula is C12H18O. The summed E-state index contributed by atoms with van der Waals surface area (Å²) in [5.41, 5.74) is 2.36. The van der Waals surface area contributed by atoms with Crippen LogP contribution in [0.4, 0.5) is 0 Å². The fourth-order valence-corrected chi connectivity index (χ4v) is 1.39. The van der Waals surface area contributed by atoms with Crippen molar-refractivity contribution in [2.45, 2.75) is 39.2 Å². The zero-order chi connectivity index (χ0) is 9.68. The molecule has 1 N–H and O–H groups in total. The number of rotatable bonds is 4. The Labute approximate surface area is 80.4 Å². The average molecular weight is 178 g/mol. The Morgan fingerprint density at radius 2 is 2.15 bits per heavy atom. The summed E-state index contributed by atoms with van der Waals surface area (Å²) in [6.07, 6.45) is 3.22. The van der Waals surface area contributed by atoms with Gasteiger partial charge in [0.1, 0.15) is 0 Å². The Morgan fingerprint density at radius 3 is 2.77 bits per heavy atom. The van der Waals surface area contributed by atoms with Gasteiger partial charge >= 0.3 is 0 Å². The number of aliphatic hydroxyl groups is 1. The van der Waals surface area contributed by atoms with Gasteiger partial charge in [-0.3, -0.25) is 0 Å². The average Bonchev–Trinajstić information content (AvgIpc) is 2.15. The highest BCUT2D eigenvalue weighted by Crippen LogP contribution is 2.14. The van der Waals surface area contributed by atoms with E-state index in [-0.39, 0.29) is 6.10 Å². The van der Waals surface area contributed by atoms with E-state index in [2.05, 4.69) is 19.1 Å². The Kier molecular flexibility index (Phi) is 3.97. The van der Waals surface area contributed by atoms with Gasteiger partial charge in [0.05, 0.1) is 6.10 Å². The Hall–Kier alpha value is -0.820. The molecule has 1 heteroatoms. The first-order valence-corrected chi connectivity index (χ1v) is 5.01. The smallest absolute Gasteiger partial charge is 0.0762 e. The lowest BCUT2D eigenvalue weighted by molar-refractivity contribution is 0.199. The Balaban J connectivity index is 2.68. The molecule has 0 bridgehead atoms. The van der Waals surface area contributed by atoms with Gasteiger partial charge in [-0.25, -0.2) is 0 Å².